The fourth-order valence-corrected chi connectivity index (χ4v) is 4.06. The first-order valence-electron chi connectivity index (χ1n) is 10.4. The number of fused-ring (bicyclic) bond motifs is 1. The number of pyridine rings is 1. The molecule has 1 aliphatic heterocycles. The summed E-state index contributed by atoms with van der Waals surface area (Å²) in [6.07, 6.45) is 5.35. The van der Waals surface area contributed by atoms with Gasteiger partial charge in [0.15, 0.2) is 0 Å². The molecular formula is C24H28N4O. The van der Waals surface area contributed by atoms with E-state index < -0.39 is 0 Å². The normalized spacial score (nSPS) is 15.3. The number of para-hydroxylation sites is 1. The second-order valence-electron chi connectivity index (χ2n) is 7.73. The van der Waals surface area contributed by atoms with Gasteiger partial charge in [0.05, 0.1) is 11.2 Å². The number of carbonyl (C=O) groups excluding carboxylic acids is 1. The summed E-state index contributed by atoms with van der Waals surface area (Å²) in [5.74, 6) is 0.768. The summed E-state index contributed by atoms with van der Waals surface area (Å²) in [4.78, 5) is 19.1. The van der Waals surface area contributed by atoms with Gasteiger partial charge >= 0.3 is 6.03 Å². The van der Waals surface area contributed by atoms with E-state index in [-0.39, 0.29) is 6.03 Å². The van der Waals surface area contributed by atoms with Crippen molar-refractivity contribution in [1.82, 2.24) is 15.2 Å². The van der Waals surface area contributed by atoms with Gasteiger partial charge in [-0.1, -0.05) is 48.5 Å². The number of aromatic nitrogens is 1. The molecule has 1 aromatic heterocycles. The molecule has 4 rings (SSSR count). The van der Waals surface area contributed by atoms with Gasteiger partial charge < -0.3 is 15.5 Å². The van der Waals surface area contributed by atoms with Crippen molar-refractivity contribution < 1.29 is 4.79 Å². The Bertz CT molecular complexity index is 931. The van der Waals surface area contributed by atoms with Crippen LogP contribution in [0.15, 0.2) is 66.9 Å². The van der Waals surface area contributed by atoms with Crippen LogP contribution in [0.1, 0.15) is 18.4 Å². The molecule has 2 heterocycles. The number of rotatable bonds is 6. The second-order valence-corrected chi connectivity index (χ2v) is 7.73. The van der Waals surface area contributed by atoms with E-state index in [9.17, 15) is 4.79 Å². The van der Waals surface area contributed by atoms with Crippen LogP contribution in [0.5, 0.6) is 0 Å². The molecule has 0 spiro atoms. The maximum Gasteiger partial charge on any atom is 0.319 e. The third-order valence-electron chi connectivity index (χ3n) is 5.69. The van der Waals surface area contributed by atoms with Gasteiger partial charge in [0.25, 0.3) is 0 Å². The minimum Gasteiger partial charge on any atom is -0.337 e. The van der Waals surface area contributed by atoms with E-state index in [1.165, 1.54) is 24.8 Å². The van der Waals surface area contributed by atoms with Gasteiger partial charge in [-0.3, -0.25) is 4.98 Å². The average molecular weight is 389 g/mol. The number of carbonyl (C=O) groups is 1. The molecule has 1 saturated heterocycles. The van der Waals surface area contributed by atoms with Crippen molar-refractivity contribution in [3.05, 3.63) is 72.4 Å². The van der Waals surface area contributed by atoms with Gasteiger partial charge in [0.2, 0.25) is 0 Å². The Balaban J connectivity index is 1.18. The number of nitrogens with one attached hydrogen (secondary N) is 2. The number of piperidine rings is 1. The summed E-state index contributed by atoms with van der Waals surface area (Å²) in [6, 6.07) is 20.2. The molecule has 0 bridgehead atoms. The molecule has 0 saturated carbocycles. The molecule has 5 nitrogen and oxygen atoms in total. The van der Waals surface area contributed by atoms with Crippen LogP contribution in [-0.2, 0) is 6.42 Å². The molecule has 1 aliphatic rings. The lowest BCUT2D eigenvalue weighted by atomic mass is 9.90. The van der Waals surface area contributed by atoms with E-state index in [0.29, 0.717) is 6.54 Å². The molecule has 2 amide bonds. The van der Waals surface area contributed by atoms with E-state index in [1.54, 1.807) is 6.20 Å². The Labute approximate surface area is 172 Å². The predicted octanol–water partition coefficient (Wildman–Crippen LogP) is 4.31. The molecule has 1 fully saturated rings. The molecule has 0 unspecified atom stereocenters. The fraction of sp³-hybridized carbons (Fsp3) is 0.333. The average Bonchev–Trinajstić information content (AvgIpc) is 2.76. The first-order chi connectivity index (χ1) is 14.3. The Morgan fingerprint density at radius 3 is 2.59 bits per heavy atom. The zero-order valence-corrected chi connectivity index (χ0v) is 16.7. The second kappa shape index (κ2) is 9.52. The third kappa shape index (κ3) is 5.33. The number of amides is 2. The summed E-state index contributed by atoms with van der Waals surface area (Å²) in [6.45, 7) is 3.76. The van der Waals surface area contributed by atoms with Crippen molar-refractivity contribution in [2.45, 2.75) is 19.3 Å². The molecule has 29 heavy (non-hydrogen) atoms. The number of hydrogen-bond donors (Lipinski definition) is 2. The highest BCUT2D eigenvalue weighted by Crippen LogP contribution is 2.22. The lowest BCUT2D eigenvalue weighted by Gasteiger charge is -2.32. The van der Waals surface area contributed by atoms with Crippen molar-refractivity contribution in [1.29, 1.82) is 0 Å². The quantitative estimate of drug-likeness (QED) is 0.662. The van der Waals surface area contributed by atoms with Gasteiger partial charge in [-0.15, -0.1) is 0 Å². The first-order valence-corrected chi connectivity index (χ1v) is 10.4. The SMILES string of the molecule is O=C(NCCN1CCC(Cc2ccccc2)CC1)Nc1ccnc2ccccc12. The zero-order valence-electron chi connectivity index (χ0n) is 16.7. The highest BCUT2D eigenvalue weighted by molar-refractivity contribution is 6.00. The van der Waals surface area contributed by atoms with Crippen molar-refractivity contribution in [3.63, 3.8) is 0 Å². The van der Waals surface area contributed by atoms with Crippen molar-refractivity contribution in [2.75, 3.05) is 31.5 Å². The molecule has 150 valence electrons. The number of hydrogen-bond acceptors (Lipinski definition) is 3. The number of anilines is 1. The Hall–Kier alpha value is -2.92. The molecule has 2 aromatic carbocycles. The van der Waals surface area contributed by atoms with Crippen molar-refractivity contribution >= 4 is 22.6 Å². The fourth-order valence-electron chi connectivity index (χ4n) is 4.06. The topological polar surface area (TPSA) is 57.3 Å². The van der Waals surface area contributed by atoms with Crippen LogP contribution in [-0.4, -0.2) is 42.1 Å². The minimum atomic E-state index is -0.166. The standard InChI is InChI=1S/C24H28N4O/c29-24(27-23-10-13-25-22-9-5-4-8-21(22)23)26-14-17-28-15-11-20(12-16-28)18-19-6-2-1-3-7-19/h1-10,13,20H,11-12,14-18H2,(H2,25,26,27,29). The smallest absolute Gasteiger partial charge is 0.319 e. The first kappa shape index (κ1) is 19.4. The van der Waals surface area contributed by atoms with Crippen molar-refractivity contribution in [2.24, 2.45) is 5.92 Å². The lowest BCUT2D eigenvalue weighted by Crippen LogP contribution is -2.40. The highest BCUT2D eigenvalue weighted by atomic mass is 16.2. The van der Waals surface area contributed by atoms with Gasteiger partial charge in [-0.05, 0) is 56.0 Å². The molecule has 2 N–H and O–H groups in total. The molecular weight excluding hydrogens is 360 g/mol. The van der Waals surface area contributed by atoms with E-state index in [1.807, 2.05) is 30.3 Å². The number of nitrogens with zero attached hydrogens (tertiary/aromatic N) is 2. The highest BCUT2D eigenvalue weighted by Gasteiger charge is 2.19. The van der Waals surface area contributed by atoms with Gasteiger partial charge in [0, 0.05) is 24.7 Å². The minimum absolute atomic E-state index is 0.166. The van der Waals surface area contributed by atoms with Crippen LogP contribution < -0.4 is 10.6 Å². The molecule has 3 aromatic rings. The van der Waals surface area contributed by atoms with E-state index >= 15 is 0 Å². The monoisotopic (exact) mass is 388 g/mol. The summed E-state index contributed by atoms with van der Waals surface area (Å²) >= 11 is 0. The van der Waals surface area contributed by atoms with Gasteiger partial charge in [-0.2, -0.15) is 0 Å². The van der Waals surface area contributed by atoms with Gasteiger partial charge in [0.1, 0.15) is 0 Å². The number of benzene rings is 2. The van der Waals surface area contributed by atoms with Crippen LogP contribution in [0.25, 0.3) is 10.9 Å². The summed E-state index contributed by atoms with van der Waals surface area (Å²) in [5.41, 5.74) is 3.10. The number of urea groups is 1. The summed E-state index contributed by atoms with van der Waals surface area (Å²) < 4.78 is 0. The van der Waals surface area contributed by atoms with Crippen LogP contribution in [0, 0.1) is 5.92 Å². The van der Waals surface area contributed by atoms with Crippen molar-refractivity contribution in [3.8, 4) is 0 Å². The van der Waals surface area contributed by atoms with Crippen LogP contribution in [0.3, 0.4) is 0 Å². The van der Waals surface area contributed by atoms with Gasteiger partial charge in [-0.25, -0.2) is 4.79 Å². The summed E-state index contributed by atoms with van der Waals surface area (Å²) in [5, 5.41) is 6.88. The van der Waals surface area contributed by atoms with Crippen LogP contribution >= 0.6 is 0 Å². The Morgan fingerprint density at radius 1 is 1.00 bits per heavy atom. The Morgan fingerprint density at radius 2 is 1.76 bits per heavy atom. The zero-order chi connectivity index (χ0) is 19.9. The largest absolute Gasteiger partial charge is 0.337 e. The van der Waals surface area contributed by atoms with E-state index in [2.05, 4.69) is 50.8 Å². The van der Waals surface area contributed by atoms with E-state index in [4.69, 9.17) is 0 Å². The van der Waals surface area contributed by atoms with Crippen LogP contribution in [0.2, 0.25) is 0 Å². The Kier molecular flexibility index (Phi) is 6.37. The number of likely N-dealkylation sites (tertiary alicyclic amines) is 1. The van der Waals surface area contributed by atoms with E-state index in [0.717, 1.165) is 42.1 Å². The molecule has 0 aliphatic carbocycles. The molecule has 5 heteroatoms. The third-order valence-corrected chi connectivity index (χ3v) is 5.69. The molecule has 0 radical (unpaired) electrons. The summed E-state index contributed by atoms with van der Waals surface area (Å²) in [7, 11) is 0. The van der Waals surface area contributed by atoms with Crippen LogP contribution in [0.4, 0.5) is 10.5 Å². The maximum atomic E-state index is 12.3. The predicted molar refractivity (Wildman–Crippen MR) is 118 cm³/mol. The lowest BCUT2D eigenvalue weighted by molar-refractivity contribution is 0.184. The maximum absolute atomic E-state index is 12.3. The molecule has 0 atom stereocenters.